The average Bonchev–Trinajstić information content (AvgIpc) is 3.07. The number of thiophene rings is 1. The molecule has 6 heteroatoms. The highest BCUT2D eigenvalue weighted by atomic mass is 32.1. The second-order valence-corrected chi connectivity index (χ2v) is 9.65. The lowest BCUT2D eigenvalue weighted by atomic mass is 10.0. The molecule has 2 aliphatic heterocycles. The number of piperazine rings is 1. The Labute approximate surface area is 186 Å². The summed E-state index contributed by atoms with van der Waals surface area (Å²) in [5, 5.41) is 6.81. The van der Waals surface area contributed by atoms with Gasteiger partial charge in [0.1, 0.15) is 10.8 Å². The minimum Gasteiger partial charge on any atom is -0.366 e. The summed E-state index contributed by atoms with van der Waals surface area (Å²) in [6.07, 6.45) is 5.62. The lowest BCUT2D eigenvalue weighted by Crippen LogP contribution is -2.52. The molecule has 1 fully saturated rings. The highest BCUT2D eigenvalue weighted by Gasteiger charge is 2.29. The first-order chi connectivity index (χ1) is 15.1. The molecule has 2 aromatic heterocycles. The van der Waals surface area contributed by atoms with E-state index in [9.17, 15) is 4.39 Å². The molecule has 1 unspecified atom stereocenters. The molecule has 31 heavy (non-hydrogen) atoms. The number of hydrogen-bond donors (Lipinski definition) is 1. The second-order valence-electron chi connectivity index (χ2n) is 8.39. The third-order valence-electron chi connectivity index (χ3n) is 6.33. The summed E-state index contributed by atoms with van der Waals surface area (Å²) < 4.78 is 14.1. The van der Waals surface area contributed by atoms with Crippen LogP contribution in [0.2, 0.25) is 0 Å². The smallest absolute Gasteiger partial charge is 0.126 e. The molecule has 1 N–H and O–H groups in total. The lowest BCUT2D eigenvalue weighted by Gasteiger charge is -2.41. The van der Waals surface area contributed by atoms with Crippen LogP contribution in [0.15, 0.2) is 48.7 Å². The van der Waals surface area contributed by atoms with Gasteiger partial charge < -0.3 is 10.2 Å². The van der Waals surface area contributed by atoms with Gasteiger partial charge in [0.05, 0.1) is 11.0 Å². The number of benzene rings is 1. The number of likely N-dealkylation sites (N-methyl/N-ethyl adjacent to an activating group) is 1. The van der Waals surface area contributed by atoms with Crippen LogP contribution in [0.4, 0.5) is 9.39 Å². The van der Waals surface area contributed by atoms with Gasteiger partial charge in [-0.25, -0.2) is 4.39 Å². The van der Waals surface area contributed by atoms with Crippen molar-refractivity contribution in [2.24, 2.45) is 0 Å². The molecule has 1 atom stereocenters. The lowest BCUT2D eigenvalue weighted by molar-refractivity contribution is 0.127. The van der Waals surface area contributed by atoms with Crippen molar-refractivity contribution in [1.29, 1.82) is 0 Å². The quantitative estimate of drug-likeness (QED) is 0.684. The van der Waals surface area contributed by atoms with E-state index in [0.717, 1.165) is 48.6 Å². The molecule has 4 nitrogen and oxygen atoms in total. The summed E-state index contributed by atoms with van der Waals surface area (Å²) >= 11 is 1.78. The molecular weight excluding hydrogens is 407 g/mol. The summed E-state index contributed by atoms with van der Waals surface area (Å²) in [5.41, 5.74) is 3.24. The van der Waals surface area contributed by atoms with E-state index in [1.54, 1.807) is 23.5 Å². The van der Waals surface area contributed by atoms with Crippen molar-refractivity contribution < 1.29 is 4.39 Å². The van der Waals surface area contributed by atoms with E-state index < -0.39 is 0 Å². The van der Waals surface area contributed by atoms with Gasteiger partial charge in [0.2, 0.25) is 0 Å². The summed E-state index contributed by atoms with van der Waals surface area (Å²) in [4.78, 5) is 11.0. The molecule has 1 aromatic carbocycles. The molecule has 0 spiro atoms. The van der Waals surface area contributed by atoms with E-state index in [0.29, 0.717) is 6.04 Å². The molecule has 4 heterocycles. The number of anilines is 1. The Bertz CT molecular complexity index is 1220. The Morgan fingerprint density at radius 1 is 1.19 bits per heavy atom. The normalized spacial score (nSPS) is 18.6. The Kier molecular flexibility index (Phi) is 5.50. The number of rotatable bonds is 4. The minimum absolute atomic E-state index is 0.103. The first kappa shape index (κ1) is 20.2. The molecule has 5 rings (SSSR count). The van der Waals surface area contributed by atoms with Gasteiger partial charge in [0.25, 0.3) is 0 Å². The maximum absolute atomic E-state index is 14.1. The third kappa shape index (κ3) is 3.98. The average molecular weight is 435 g/mol. The zero-order valence-electron chi connectivity index (χ0n) is 17.9. The predicted molar refractivity (Wildman–Crippen MR) is 126 cm³/mol. The van der Waals surface area contributed by atoms with Gasteiger partial charge in [0.15, 0.2) is 0 Å². The Hall–Kier alpha value is -2.70. The molecule has 0 aliphatic carbocycles. The van der Waals surface area contributed by atoms with Gasteiger partial charge in [-0.15, -0.1) is 11.3 Å². The van der Waals surface area contributed by atoms with Crippen LogP contribution in [0.1, 0.15) is 22.4 Å². The van der Waals surface area contributed by atoms with E-state index >= 15 is 0 Å². The van der Waals surface area contributed by atoms with Gasteiger partial charge in [-0.1, -0.05) is 18.2 Å². The van der Waals surface area contributed by atoms with Crippen molar-refractivity contribution in [3.63, 3.8) is 0 Å². The molecule has 3 aromatic rings. The molecule has 160 valence electrons. The van der Waals surface area contributed by atoms with Crippen molar-refractivity contribution in [3.05, 3.63) is 81.1 Å². The van der Waals surface area contributed by atoms with Crippen LogP contribution < -0.4 is 15.9 Å². The SMILES string of the molecule is Cc1cc2c(s1)NC=c1cccnc1=C2N1CCN(C)C(CCc2ccccc2F)C1. The monoisotopic (exact) mass is 434 g/mol. The van der Waals surface area contributed by atoms with Gasteiger partial charge in [-0.3, -0.25) is 9.88 Å². The zero-order valence-corrected chi connectivity index (χ0v) is 18.8. The maximum Gasteiger partial charge on any atom is 0.126 e. The topological polar surface area (TPSA) is 31.4 Å². The second kappa shape index (κ2) is 8.44. The summed E-state index contributed by atoms with van der Waals surface area (Å²) in [6.45, 7) is 4.99. The molecule has 2 aliphatic rings. The Morgan fingerprint density at radius 2 is 2.06 bits per heavy atom. The first-order valence-corrected chi connectivity index (χ1v) is 11.6. The predicted octanol–water partition coefficient (Wildman–Crippen LogP) is 3.16. The van der Waals surface area contributed by atoms with Gasteiger partial charge in [-0.05, 0) is 56.6 Å². The van der Waals surface area contributed by atoms with E-state index in [2.05, 4.69) is 47.4 Å². The van der Waals surface area contributed by atoms with Crippen LogP contribution in [0.3, 0.4) is 0 Å². The number of halogens is 1. The van der Waals surface area contributed by atoms with Crippen LogP contribution in [0.25, 0.3) is 11.9 Å². The van der Waals surface area contributed by atoms with Crippen LogP contribution >= 0.6 is 11.3 Å². The van der Waals surface area contributed by atoms with E-state index in [-0.39, 0.29) is 5.82 Å². The van der Waals surface area contributed by atoms with Crippen LogP contribution in [0, 0.1) is 12.7 Å². The number of nitrogens with one attached hydrogen (secondary N) is 1. The van der Waals surface area contributed by atoms with Crippen molar-refractivity contribution >= 4 is 28.2 Å². The summed E-state index contributed by atoms with van der Waals surface area (Å²) in [5.74, 6) is -0.103. The fraction of sp³-hybridized carbons (Fsp3) is 0.320. The third-order valence-corrected chi connectivity index (χ3v) is 7.31. The molecular formula is C25H27FN4S. The summed E-state index contributed by atoms with van der Waals surface area (Å²) in [7, 11) is 2.18. The molecule has 1 saturated heterocycles. The number of fused-ring (bicyclic) bond motifs is 2. The zero-order chi connectivity index (χ0) is 21.4. The van der Waals surface area contributed by atoms with Gasteiger partial charge in [-0.2, -0.15) is 0 Å². The highest BCUT2D eigenvalue weighted by Crippen LogP contribution is 2.35. The number of nitrogens with zero attached hydrogens (tertiary/aromatic N) is 3. The van der Waals surface area contributed by atoms with E-state index in [4.69, 9.17) is 4.98 Å². The van der Waals surface area contributed by atoms with E-state index in [1.165, 1.54) is 21.1 Å². The van der Waals surface area contributed by atoms with Crippen molar-refractivity contribution in [2.75, 3.05) is 32.0 Å². The van der Waals surface area contributed by atoms with E-state index in [1.807, 2.05) is 24.4 Å². The Balaban J connectivity index is 1.48. The molecule has 0 radical (unpaired) electrons. The fourth-order valence-corrected chi connectivity index (χ4v) is 5.49. The van der Waals surface area contributed by atoms with Gasteiger partial charge in [0, 0.05) is 53.7 Å². The maximum atomic E-state index is 14.1. The molecule has 0 amide bonds. The summed E-state index contributed by atoms with van der Waals surface area (Å²) in [6, 6.07) is 13.9. The Morgan fingerprint density at radius 3 is 2.94 bits per heavy atom. The first-order valence-electron chi connectivity index (χ1n) is 10.8. The standard InChI is InChI=1S/C25H27FN4S/c1-17-14-21-24(23-19(7-5-11-27-23)15-28-25(21)31-17)30-13-12-29(2)20(16-30)10-9-18-6-3-4-8-22(18)26/h3-8,11,14-15,20,28H,9-10,12-13,16H2,1-2H3. The van der Waals surface area contributed by atoms with Crippen LogP contribution in [0.5, 0.6) is 0 Å². The number of pyridine rings is 1. The van der Waals surface area contributed by atoms with Crippen LogP contribution in [-0.2, 0) is 6.42 Å². The van der Waals surface area contributed by atoms with Crippen LogP contribution in [-0.4, -0.2) is 47.5 Å². The van der Waals surface area contributed by atoms with Crippen molar-refractivity contribution in [2.45, 2.75) is 25.8 Å². The van der Waals surface area contributed by atoms with Gasteiger partial charge >= 0.3 is 0 Å². The van der Waals surface area contributed by atoms with Crippen molar-refractivity contribution in [1.82, 2.24) is 14.8 Å². The molecule has 0 saturated carbocycles. The fourth-order valence-electron chi connectivity index (χ4n) is 4.60. The number of hydrogen-bond acceptors (Lipinski definition) is 5. The van der Waals surface area contributed by atoms with Crippen molar-refractivity contribution in [3.8, 4) is 0 Å². The molecule has 0 bridgehead atoms. The highest BCUT2D eigenvalue weighted by molar-refractivity contribution is 7.16. The number of aryl methyl sites for hydroxylation is 2. The minimum atomic E-state index is -0.103. The largest absolute Gasteiger partial charge is 0.366 e. The number of aromatic nitrogens is 1.